The van der Waals surface area contributed by atoms with Gasteiger partial charge in [-0.1, -0.05) is 26.5 Å². The second-order valence-corrected chi connectivity index (χ2v) is 15.0. The van der Waals surface area contributed by atoms with E-state index in [1.54, 1.807) is 96.9 Å². The van der Waals surface area contributed by atoms with Gasteiger partial charge in [0.15, 0.2) is 0 Å². The van der Waals surface area contributed by atoms with E-state index in [2.05, 4.69) is 17.2 Å². The molecule has 0 fully saturated rings. The van der Waals surface area contributed by atoms with Gasteiger partial charge >= 0.3 is 36.1 Å². The molecule has 0 saturated heterocycles. The van der Waals surface area contributed by atoms with Crippen LogP contribution in [0.25, 0.3) is 0 Å². The fourth-order valence-corrected chi connectivity index (χ4v) is 3.51. The largest absolute Gasteiger partial charge is 0.480 e. The molecule has 0 aliphatic carbocycles. The maximum Gasteiger partial charge on any atom is 0.408 e. The van der Waals surface area contributed by atoms with Crippen molar-refractivity contribution in [1.82, 2.24) is 10.6 Å². The third-order valence-electron chi connectivity index (χ3n) is 5.16. The molecule has 14 heteroatoms. The molecule has 272 valence electrons. The van der Waals surface area contributed by atoms with E-state index in [0.717, 1.165) is 0 Å². The number of hydrogen-bond acceptors (Lipinski definition) is 11. The van der Waals surface area contributed by atoms with E-state index in [4.69, 9.17) is 23.7 Å². The first-order valence-electron chi connectivity index (χ1n) is 15.4. The van der Waals surface area contributed by atoms with E-state index in [1.165, 1.54) is 6.08 Å². The number of aliphatic carboxylic acids is 1. The number of ether oxygens (including phenoxy) is 5. The summed E-state index contributed by atoms with van der Waals surface area (Å²) >= 11 is 0. The lowest BCUT2D eigenvalue weighted by atomic mass is 9.98. The fraction of sp³-hybridized carbons (Fsp3) is 0.758. The van der Waals surface area contributed by atoms with Crippen LogP contribution in [0.5, 0.6) is 0 Å². The first-order chi connectivity index (χ1) is 21.0. The van der Waals surface area contributed by atoms with Crippen LogP contribution < -0.4 is 10.6 Å². The molecule has 4 atom stereocenters. The number of carbonyl (C=O) groups is 6. The Morgan fingerprint density at radius 3 is 1.23 bits per heavy atom. The molecule has 47 heavy (non-hydrogen) atoms. The zero-order valence-electron chi connectivity index (χ0n) is 30.7. The van der Waals surface area contributed by atoms with Crippen LogP contribution in [0, 0.1) is 11.8 Å². The van der Waals surface area contributed by atoms with E-state index in [9.17, 15) is 33.9 Å². The third-order valence-corrected chi connectivity index (χ3v) is 5.16. The zero-order chi connectivity index (χ0) is 37.6. The molecule has 0 aromatic rings. The molecule has 0 saturated carbocycles. The lowest BCUT2D eigenvalue weighted by Gasteiger charge is -2.26. The number of hydrogen-bond donors (Lipinski definition) is 3. The fourth-order valence-electron chi connectivity index (χ4n) is 3.51. The van der Waals surface area contributed by atoms with Gasteiger partial charge in [-0.05, 0) is 94.9 Å². The Labute approximate surface area is 279 Å². The number of rotatable bonds is 12. The highest BCUT2D eigenvalue weighted by Crippen LogP contribution is 2.18. The van der Waals surface area contributed by atoms with Crippen LogP contribution in [0.1, 0.15) is 110 Å². The van der Waals surface area contributed by atoms with Crippen molar-refractivity contribution in [3.05, 3.63) is 12.7 Å². The summed E-state index contributed by atoms with van der Waals surface area (Å²) in [6.45, 7) is 27.3. The smallest absolute Gasteiger partial charge is 0.408 e. The minimum atomic E-state index is -1.23. The molecule has 2 amide bonds. The van der Waals surface area contributed by atoms with Crippen molar-refractivity contribution in [2.75, 3.05) is 6.61 Å². The van der Waals surface area contributed by atoms with Crippen LogP contribution in [0.2, 0.25) is 0 Å². The Hall–Kier alpha value is -3.84. The average molecular weight is 675 g/mol. The van der Waals surface area contributed by atoms with E-state index >= 15 is 0 Å². The van der Waals surface area contributed by atoms with Crippen LogP contribution in [-0.2, 0) is 42.9 Å². The summed E-state index contributed by atoms with van der Waals surface area (Å²) in [6.07, 6.45) is -0.355. The van der Waals surface area contributed by atoms with Gasteiger partial charge in [-0.15, -0.1) is 0 Å². The number of alkyl carbamates (subject to hydrolysis) is 2. The van der Waals surface area contributed by atoms with E-state index in [0.29, 0.717) is 0 Å². The summed E-state index contributed by atoms with van der Waals surface area (Å²) in [7, 11) is 0. The molecule has 14 nitrogen and oxygen atoms in total. The monoisotopic (exact) mass is 674 g/mol. The van der Waals surface area contributed by atoms with Crippen molar-refractivity contribution in [2.45, 2.75) is 144 Å². The minimum absolute atomic E-state index is 0.00445. The normalized spacial score (nSPS) is 14.3. The second-order valence-electron chi connectivity index (χ2n) is 15.0. The van der Waals surface area contributed by atoms with Crippen molar-refractivity contribution in [3.63, 3.8) is 0 Å². The van der Waals surface area contributed by atoms with E-state index < -0.39 is 82.4 Å². The summed E-state index contributed by atoms with van der Waals surface area (Å²) in [5.41, 5.74) is -2.72. The van der Waals surface area contributed by atoms with Gasteiger partial charge in [0.25, 0.3) is 0 Å². The van der Waals surface area contributed by atoms with Crippen molar-refractivity contribution in [1.29, 1.82) is 0 Å². The van der Waals surface area contributed by atoms with Crippen LogP contribution in [0.15, 0.2) is 12.7 Å². The average Bonchev–Trinajstić information content (AvgIpc) is 2.79. The van der Waals surface area contributed by atoms with Gasteiger partial charge < -0.3 is 39.4 Å². The van der Waals surface area contributed by atoms with Gasteiger partial charge in [0.1, 0.15) is 41.1 Å². The number of carbonyl (C=O) groups excluding carboxylic acids is 5. The first kappa shape index (κ1) is 45.3. The van der Waals surface area contributed by atoms with Gasteiger partial charge in [0.2, 0.25) is 0 Å². The highest BCUT2D eigenvalue weighted by molar-refractivity contribution is 5.83. The van der Waals surface area contributed by atoms with Gasteiger partial charge in [0, 0.05) is 0 Å². The van der Waals surface area contributed by atoms with Gasteiger partial charge in [0.05, 0.1) is 12.8 Å². The van der Waals surface area contributed by atoms with Gasteiger partial charge in [-0.3, -0.25) is 9.59 Å². The quantitative estimate of drug-likeness (QED) is 0.137. The molecule has 0 aromatic carbocycles. The molecule has 0 rings (SSSR count). The van der Waals surface area contributed by atoms with Crippen molar-refractivity contribution in [3.8, 4) is 0 Å². The predicted octanol–water partition coefficient (Wildman–Crippen LogP) is 5.31. The van der Waals surface area contributed by atoms with Crippen molar-refractivity contribution < 1.29 is 57.6 Å². The van der Waals surface area contributed by atoms with Gasteiger partial charge in [-0.2, -0.15) is 0 Å². The Morgan fingerprint density at radius 2 is 0.936 bits per heavy atom. The van der Waals surface area contributed by atoms with E-state index in [-0.39, 0.29) is 19.4 Å². The summed E-state index contributed by atoms with van der Waals surface area (Å²) in [5, 5.41) is 14.0. The minimum Gasteiger partial charge on any atom is -0.480 e. The predicted molar refractivity (Wildman–Crippen MR) is 174 cm³/mol. The molecule has 0 radical (unpaired) electrons. The maximum absolute atomic E-state index is 12.2. The number of nitrogens with one attached hydrogen (secondary N) is 2. The zero-order valence-corrected chi connectivity index (χ0v) is 30.7. The van der Waals surface area contributed by atoms with Crippen LogP contribution >= 0.6 is 0 Å². The Balaban J connectivity index is 0. The Morgan fingerprint density at radius 1 is 0.617 bits per heavy atom. The molecule has 0 bridgehead atoms. The molecule has 3 N–H and O–H groups in total. The molecule has 0 aliphatic rings. The highest BCUT2D eigenvalue weighted by atomic mass is 16.6. The first-order valence-corrected chi connectivity index (χ1v) is 15.4. The van der Waals surface area contributed by atoms with Gasteiger partial charge in [-0.25, -0.2) is 19.2 Å². The Kier molecular flexibility index (Phi) is 18.4. The maximum atomic E-state index is 12.2. The molecule has 0 heterocycles. The number of esters is 3. The SMILES string of the molecule is C=CCOC(=O)C(NC(=O)OC(C)(C)C)[C@@H](C)CC(=O)OC(C)(C)C.C[C@@H](CC(=O)OC(C)(C)C)C(NC(=O)OC(C)(C)C)C(=O)O. The molecular formula is C33H58N2O12. The Bertz CT molecular complexity index is 1080. The lowest BCUT2D eigenvalue weighted by Crippen LogP contribution is -2.48. The molecule has 0 aromatic heterocycles. The second kappa shape index (κ2) is 19.1. The number of carboxylic acid groups (broad SMARTS) is 1. The standard InChI is InChI=1S/C18H31NO6.C15H27NO6/c1-9-10-23-15(21)14(19-16(22)25-18(6,7)8)12(2)11-13(20)24-17(3,4)5;1-9(8-10(17)21-14(2,3)4)11(12(18)19)16-13(20)22-15(5,6)7/h9,12,14H,1,10-11H2,2-8H3,(H,19,22);9,11H,8H2,1-7H3,(H,16,20)(H,18,19)/t12-,14?;9-,11?/m00/s1. The topological polar surface area (TPSA) is 193 Å². The lowest BCUT2D eigenvalue weighted by molar-refractivity contribution is -0.158. The number of amides is 2. The van der Waals surface area contributed by atoms with Crippen molar-refractivity contribution in [2.24, 2.45) is 11.8 Å². The number of carboxylic acids is 1. The summed E-state index contributed by atoms with van der Waals surface area (Å²) in [5.74, 6) is -4.06. The summed E-state index contributed by atoms with van der Waals surface area (Å²) in [6, 6.07) is -2.27. The van der Waals surface area contributed by atoms with Crippen LogP contribution in [0.3, 0.4) is 0 Å². The molecule has 0 aliphatic heterocycles. The van der Waals surface area contributed by atoms with E-state index in [1.807, 2.05) is 0 Å². The summed E-state index contributed by atoms with van der Waals surface area (Å²) < 4.78 is 25.6. The molecule has 2 unspecified atom stereocenters. The highest BCUT2D eigenvalue weighted by Gasteiger charge is 2.33. The summed E-state index contributed by atoms with van der Waals surface area (Å²) in [4.78, 5) is 70.9. The van der Waals surface area contributed by atoms with Crippen molar-refractivity contribution >= 4 is 36.1 Å². The molecular weight excluding hydrogens is 616 g/mol. The van der Waals surface area contributed by atoms with Crippen LogP contribution in [-0.4, -0.2) is 82.3 Å². The van der Waals surface area contributed by atoms with Crippen LogP contribution in [0.4, 0.5) is 9.59 Å². The molecule has 0 spiro atoms. The third kappa shape index (κ3) is 25.0.